The molecule has 4 aromatic carbocycles. The van der Waals surface area contributed by atoms with Crippen LogP contribution < -0.4 is 5.32 Å². The second-order valence-corrected chi connectivity index (χ2v) is 9.54. The molecule has 7 heteroatoms. The molecule has 1 aliphatic rings. The standard InChI is InChI=1S/C30H25FN2O4/c1-17(2)27(30(36)37)33-16-23-10-8-20(14-24(23)29(33)35)21-11-12-26(25(31)15-21)32-28(34)22-9-7-18-5-3-4-6-19(18)13-22/h3-15,17,27H,16H2,1-2H3,(H,32,34)(H,36,37). The highest BCUT2D eigenvalue weighted by atomic mass is 19.1. The van der Waals surface area contributed by atoms with Crippen LogP contribution in [0.5, 0.6) is 0 Å². The minimum absolute atomic E-state index is 0.0477. The second kappa shape index (κ2) is 9.50. The Morgan fingerprint density at radius 1 is 0.919 bits per heavy atom. The molecule has 0 radical (unpaired) electrons. The molecule has 0 aliphatic carbocycles. The summed E-state index contributed by atoms with van der Waals surface area (Å²) in [6.07, 6.45) is 0. The third kappa shape index (κ3) is 4.56. The minimum atomic E-state index is -1.04. The quantitative estimate of drug-likeness (QED) is 0.345. The average molecular weight is 497 g/mol. The van der Waals surface area contributed by atoms with Gasteiger partial charge < -0.3 is 15.3 Å². The molecule has 4 aromatic rings. The molecule has 1 unspecified atom stereocenters. The van der Waals surface area contributed by atoms with Crippen molar-refractivity contribution in [1.29, 1.82) is 0 Å². The highest BCUT2D eigenvalue weighted by Crippen LogP contribution is 2.32. The molecule has 186 valence electrons. The van der Waals surface area contributed by atoms with Gasteiger partial charge in [0, 0.05) is 17.7 Å². The van der Waals surface area contributed by atoms with E-state index in [4.69, 9.17) is 0 Å². The van der Waals surface area contributed by atoms with Gasteiger partial charge in [0.25, 0.3) is 11.8 Å². The topological polar surface area (TPSA) is 86.7 Å². The van der Waals surface area contributed by atoms with Crippen molar-refractivity contribution in [1.82, 2.24) is 4.90 Å². The number of halogens is 1. The number of nitrogens with one attached hydrogen (secondary N) is 1. The van der Waals surface area contributed by atoms with Crippen molar-refractivity contribution in [3.05, 3.63) is 101 Å². The molecule has 2 N–H and O–H groups in total. The van der Waals surface area contributed by atoms with Crippen LogP contribution in [0.4, 0.5) is 10.1 Å². The number of carboxylic acid groups (broad SMARTS) is 1. The second-order valence-electron chi connectivity index (χ2n) is 9.54. The van der Waals surface area contributed by atoms with E-state index in [1.165, 1.54) is 17.0 Å². The zero-order valence-electron chi connectivity index (χ0n) is 20.4. The summed E-state index contributed by atoms with van der Waals surface area (Å²) in [6.45, 7) is 3.75. The molecule has 5 rings (SSSR count). The highest BCUT2D eigenvalue weighted by Gasteiger charge is 2.38. The maximum atomic E-state index is 15.0. The van der Waals surface area contributed by atoms with E-state index in [0.29, 0.717) is 22.3 Å². The molecular weight excluding hydrogens is 471 g/mol. The van der Waals surface area contributed by atoms with Gasteiger partial charge in [-0.1, -0.05) is 62.4 Å². The summed E-state index contributed by atoms with van der Waals surface area (Å²) in [5.41, 5.74) is 2.78. The predicted molar refractivity (Wildman–Crippen MR) is 140 cm³/mol. The molecule has 1 heterocycles. The lowest BCUT2D eigenvalue weighted by Gasteiger charge is -2.27. The SMILES string of the molecule is CC(C)C(C(=O)O)N1Cc2ccc(-c3ccc(NC(=O)c4ccc5ccccc5c4)c(F)c3)cc2C1=O. The number of carboxylic acids is 1. The van der Waals surface area contributed by atoms with Gasteiger partial charge in [0.15, 0.2) is 0 Å². The van der Waals surface area contributed by atoms with E-state index < -0.39 is 23.7 Å². The minimum Gasteiger partial charge on any atom is -0.480 e. The summed E-state index contributed by atoms with van der Waals surface area (Å²) in [4.78, 5) is 38.9. The van der Waals surface area contributed by atoms with Crippen LogP contribution in [0.3, 0.4) is 0 Å². The van der Waals surface area contributed by atoms with Crippen LogP contribution in [0.2, 0.25) is 0 Å². The zero-order chi connectivity index (χ0) is 26.3. The van der Waals surface area contributed by atoms with Crippen LogP contribution in [-0.2, 0) is 11.3 Å². The first-order valence-electron chi connectivity index (χ1n) is 12.0. The maximum absolute atomic E-state index is 15.0. The maximum Gasteiger partial charge on any atom is 0.326 e. The molecule has 1 atom stereocenters. The van der Waals surface area contributed by atoms with E-state index in [9.17, 15) is 19.5 Å². The summed E-state index contributed by atoms with van der Waals surface area (Å²) in [6, 6.07) is 21.7. The number of hydrogen-bond acceptors (Lipinski definition) is 3. The van der Waals surface area contributed by atoms with Crippen molar-refractivity contribution >= 4 is 34.2 Å². The van der Waals surface area contributed by atoms with Crippen LogP contribution in [0.1, 0.15) is 40.1 Å². The molecule has 0 saturated carbocycles. The molecule has 0 fully saturated rings. The Kier molecular flexibility index (Phi) is 6.21. The van der Waals surface area contributed by atoms with Crippen LogP contribution in [0.25, 0.3) is 21.9 Å². The fourth-order valence-corrected chi connectivity index (χ4v) is 4.83. The van der Waals surface area contributed by atoms with Crippen molar-refractivity contribution < 1.29 is 23.9 Å². The largest absolute Gasteiger partial charge is 0.480 e. The van der Waals surface area contributed by atoms with E-state index in [-0.39, 0.29) is 24.1 Å². The van der Waals surface area contributed by atoms with Gasteiger partial charge in [-0.25, -0.2) is 9.18 Å². The molecule has 6 nitrogen and oxygen atoms in total. The number of hydrogen-bond donors (Lipinski definition) is 2. The smallest absolute Gasteiger partial charge is 0.326 e. The fourth-order valence-electron chi connectivity index (χ4n) is 4.83. The van der Waals surface area contributed by atoms with Crippen LogP contribution in [0.15, 0.2) is 78.9 Å². The number of carbonyl (C=O) groups is 3. The zero-order valence-corrected chi connectivity index (χ0v) is 20.4. The number of benzene rings is 4. The van der Waals surface area contributed by atoms with Gasteiger partial charge in [-0.15, -0.1) is 0 Å². The molecule has 1 aliphatic heterocycles. The summed E-state index contributed by atoms with van der Waals surface area (Å²) >= 11 is 0. The van der Waals surface area contributed by atoms with Gasteiger partial charge >= 0.3 is 5.97 Å². The normalized spacial score (nSPS) is 13.6. The van der Waals surface area contributed by atoms with Gasteiger partial charge in [-0.3, -0.25) is 9.59 Å². The predicted octanol–water partition coefficient (Wildman–Crippen LogP) is 5.96. The Bertz CT molecular complexity index is 1560. The highest BCUT2D eigenvalue weighted by molar-refractivity contribution is 6.06. The van der Waals surface area contributed by atoms with E-state index >= 15 is 4.39 Å². The molecule has 0 saturated heterocycles. The Labute approximate surface area is 213 Å². The lowest BCUT2D eigenvalue weighted by atomic mass is 10.00. The van der Waals surface area contributed by atoms with Crippen molar-refractivity contribution in [2.75, 3.05) is 5.32 Å². The van der Waals surface area contributed by atoms with E-state index in [0.717, 1.165) is 16.3 Å². The Morgan fingerprint density at radius 2 is 1.62 bits per heavy atom. The Morgan fingerprint density at radius 3 is 2.32 bits per heavy atom. The summed E-state index contributed by atoms with van der Waals surface area (Å²) in [7, 11) is 0. The first-order valence-corrected chi connectivity index (χ1v) is 12.0. The van der Waals surface area contributed by atoms with Crippen molar-refractivity contribution in [3.63, 3.8) is 0 Å². The van der Waals surface area contributed by atoms with Crippen LogP contribution >= 0.6 is 0 Å². The summed E-state index contributed by atoms with van der Waals surface area (Å²) in [5.74, 6) is -2.66. The summed E-state index contributed by atoms with van der Waals surface area (Å²) in [5, 5.41) is 14.2. The molecule has 0 spiro atoms. The molecule has 37 heavy (non-hydrogen) atoms. The van der Waals surface area contributed by atoms with E-state index in [1.54, 1.807) is 50.2 Å². The van der Waals surface area contributed by atoms with Gasteiger partial charge in [-0.2, -0.15) is 0 Å². The first-order chi connectivity index (χ1) is 17.7. The van der Waals surface area contributed by atoms with Gasteiger partial charge in [0.2, 0.25) is 0 Å². The molecule has 0 bridgehead atoms. The van der Waals surface area contributed by atoms with E-state index in [2.05, 4.69) is 5.32 Å². The van der Waals surface area contributed by atoms with Gasteiger partial charge in [0.1, 0.15) is 11.9 Å². The van der Waals surface area contributed by atoms with Crippen molar-refractivity contribution in [3.8, 4) is 11.1 Å². The number of anilines is 1. The van der Waals surface area contributed by atoms with E-state index in [1.807, 2.05) is 30.3 Å². The first kappa shape index (κ1) is 24.2. The van der Waals surface area contributed by atoms with Gasteiger partial charge in [-0.05, 0) is 63.7 Å². The number of nitrogens with zero attached hydrogens (tertiary/aromatic N) is 1. The Hall–Kier alpha value is -4.52. The number of carbonyl (C=O) groups excluding carboxylic acids is 2. The summed E-state index contributed by atoms with van der Waals surface area (Å²) < 4.78 is 15.0. The van der Waals surface area contributed by atoms with Crippen LogP contribution in [0, 0.1) is 11.7 Å². The lowest BCUT2D eigenvalue weighted by Crippen LogP contribution is -2.44. The molecule has 0 aromatic heterocycles. The number of amides is 2. The van der Waals surface area contributed by atoms with Crippen LogP contribution in [-0.4, -0.2) is 33.8 Å². The Balaban J connectivity index is 1.36. The number of aliphatic carboxylic acids is 1. The van der Waals surface area contributed by atoms with Gasteiger partial charge in [0.05, 0.1) is 5.69 Å². The number of rotatable bonds is 6. The van der Waals surface area contributed by atoms with Crippen molar-refractivity contribution in [2.24, 2.45) is 5.92 Å². The third-order valence-electron chi connectivity index (χ3n) is 6.72. The number of fused-ring (bicyclic) bond motifs is 2. The molecule has 2 amide bonds. The average Bonchev–Trinajstić information content (AvgIpc) is 3.19. The van der Waals surface area contributed by atoms with Crippen molar-refractivity contribution in [2.45, 2.75) is 26.4 Å². The fraction of sp³-hybridized carbons (Fsp3) is 0.167. The lowest BCUT2D eigenvalue weighted by molar-refractivity contribution is -0.144. The molecular formula is C30H25FN2O4. The monoisotopic (exact) mass is 496 g/mol. The third-order valence-corrected chi connectivity index (χ3v) is 6.72.